The van der Waals surface area contributed by atoms with Crippen molar-refractivity contribution in [3.05, 3.63) is 24.2 Å². The zero-order valence-electron chi connectivity index (χ0n) is 11.8. The number of furan rings is 1. The average Bonchev–Trinajstić information content (AvgIpc) is 3.19. The third kappa shape index (κ3) is 4.95. The van der Waals surface area contributed by atoms with Gasteiger partial charge >= 0.3 is 0 Å². The summed E-state index contributed by atoms with van der Waals surface area (Å²) in [5.74, 6) is 2.12. The highest BCUT2D eigenvalue weighted by Crippen LogP contribution is 2.28. The molecule has 1 aromatic heterocycles. The lowest BCUT2D eigenvalue weighted by molar-refractivity contribution is -0.122. The lowest BCUT2D eigenvalue weighted by Crippen LogP contribution is -2.42. The van der Waals surface area contributed by atoms with Gasteiger partial charge in [-0.25, -0.2) is 0 Å². The molecule has 0 unspecified atom stereocenters. The van der Waals surface area contributed by atoms with Crippen LogP contribution in [0.5, 0.6) is 0 Å². The molecule has 110 valence electrons. The van der Waals surface area contributed by atoms with Crippen LogP contribution in [0, 0.1) is 5.92 Å². The first-order valence-corrected chi connectivity index (χ1v) is 7.04. The number of amides is 1. The number of hydrogen-bond acceptors (Lipinski definition) is 3. The van der Waals surface area contributed by atoms with Crippen LogP contribution in [0.1, 0.15) is 18.6 Å². The molecule has 6 heteroatoms. The number of hydrogen-bond donors (Lipinski definition) is 3. The second-order valence-corrected chi connectivity index (χ2v) is 4.82. The highest BCUT2D eigenvalue weighted by atomic mass is 16.3. The Hall–Kier alpha value is -1.98. The summed E-state index contributed by atoms with van der Waals surface area (Å²) in [5, 5.41) is 9.26. The first kappa shape index (κ1) is 14.4. The van der Waals surface area contributed by atoms with Crippen molar-refractivity contribution in [2.24, 2.45) is 10.9 Å². The minimum atomic E-state index is 0.174. The predicted octanol–water partition coefficient (Wildman–Crippen LogP) is 0.513. The topological polar surface area (TPSA) is 78.7 Å². The fraction of sp³-hybridized carbons (Fsp3) is 0.571. The van der Waals surface area contributed by atoms with Crippen molar-refractivity contribution in [1.29, 1.82) is 0 Å². The largest absolute Gasteiger partial charge is 0.469 e. The number of rotatable bonds is 7. The van der Waals surface area contributed by atoms with Crippen LogP contribution in [-0.2, 0) is 11.2 Å². The summed E-state index contributed by atoms with van der Waals surface area (Å²) in [7, 11) is 1.73. The highest BCUT2D eigenvalue weighted by molar-refractivity contribution is 5.81. The normalized spacial score (nSPS) is 14.9. The quantitative estimate of drug-likeness (QED) is 0.386. The first-order chi connectivity index (χ1) is 9.79. The van der Waals surface area contributed by atoms with Crippen molar-refractivity contribution in [2.45, 2.75) is 19.3 Å². The SMILES string of the molecule is CN=C(NCCNC(=O)C1CC1)NCCc1ccco1. The maximum atomic E-state index is 11.4. The standard InChI is InChI=1S/C14H22N4O2/c1-15-14(17-7-6-12-3-2-10-20-12)18-9-8-16-13(19)11-4-5-11/h2-3,10-11H,4-9H2,1H3,(H,16,19)(H2,15,17,18). The molecule has 1 aliphatic carbocycles. The van der Waals surface area contributed by atoms with Gasteiger partial charge < -0.3 is 20.4 Å². The molecule has 20 heavy (non-hydrogen) atoms. The van der Waals surface area contributed by atoms with Gasteiger partial charge in [0.25, 0.3) is 0 Å². The molecule has 0 spiro atoms. The monoisotopic (exact) mass is 278 g/mol. The highest BCUT2D eigenvalue weighted by Gasteiger charge is 2.28. The maximum absolute atomic E-state index is 11.4. The van der Waals surface area contributed by atoms with E-state index in [1.807, 2.05) is 12.1 Å². The van der Waals surface area contributed by atoms with Crippen LogP contribution in [0.4, 0.5) is 0 Å². The van der Waals surface area contributed by atoms with E-state index in [0.717, 1.165) is 37.5 Å². The van der Waals surface area contributed by atoms with E-state index in [1.54, 1.807) is 13.3 Å². The zero-order chi connectivity index (χ0) is 14.2. The summed E-state index contributed by atoms with van der Waals surface area (Å²) in [6.07, 6.45) is 4.56. The smallest absolute Gasteiger partial charge is 0.223 e. The van der Waals surface area contributed by atoms with Gasteiger partial charge in [0.15, 0.2) is 5.96 Å². The second-order valence-electron chi connectivity index (χ2n) is 4.82. The molecule has 1 saturated carbocycles. The number of guanidine groups is 1. The molecule has 1 aliphatic rings. The van der Waals surface area contributed by atoms with Gasteiger partial charge in [0, 0.05) is 39.0 Å². The third-order valence-corrected chi connectivity index (χ3v) is 3.13. The molecule has 0 bridgehead atoms. The van der Waals surface area contributed by atoms with Crippen LogP contribution in [-0.4, -0.2) is 38.5 Å². The van der Waals surface area contributed by atoms with E-state index in [1.165, 1.54) is 0 Å². The Balaban J connectivity index is 1.54. The Labute approximate surface area is 119 Å². The van der Waals surface area contributed by atoms with Gasteiger partial charge in [-0.1, -0.05) is 0 Å². The van der Waals surface area contributed by atoms with E-state index < -0.39 is 0 Å². The Morgan fingerprint density at radius 2 is 2.05 bits per heavy atom. The molecule has 1 fully saturated rings. The molecule has 2 rings (SSSR count). The number of carbonyl (C=O) groups is 1. The van der Waals surface area contributed by atoms with E-state index in [0.29, 0.717) is 13.1 Å². The van der Waals surface area contributed by atoms with Crippen LogP contribution in [0.3, 0.4) is 0 Å². The van der Waals surface area contributed by atoms with Gasteiger partial charge in [-0.3, -0.25) is 9.79 Å². The molecular formula is C14H22N4O2. The van der Waals surface area contributed by atoms with Gasteiger partial charge in [0.1, 0.15) is 5.76 Å². The average molecular weight is 278 g/mol. The fourth-order valence-corrected chi connectivity index (χ4v) is 1.84. The van der Waals surface area contributed by atoms with Crippen LogP contribution < -0.4 is 16.0 Å². The van der Waals surface area contributed by atoms with Gasteiger partial charge in [-0.15, -0.1) is 0 Å². The minimum Gasteiger partial charge on any atom is -0.469 e. The zero-order valence-corrected chi connectivity index (χ0v) is 11.8. The van der Waals surface area contributed by atoms with Gasteiger partial charge in [-0.05, 0) is 25.0 Å². The van der Waals surface area contributed by atoms with Gasteiger partial charge in [-0.2, -0.15) is 0 Å². The lowest BCUT2D eigenvalue weighted by Gasteiger charge is -2.11. The summed E-state index contributed by atoms with van der Waals surface area (Å²) >= 11 is 0. The molecule has 0 radical (unpaired) electrons. The molecular weight excluding hydrogens is 256 g/mol. The predicted molar refractivity (Wildman–Crippen MR) is 77.5 cm³/mol. The number of carbonyl (C=O) groups excluding carboxylic acids is 1. The fourth-order valence-electron chi connectivity index (χ4n) is 1.84. The van der Waals surface area contributed by atoms with Crippen LogP contribution in [0.15, 0.2) is 27.8 Å². The van der Waals surface area contributed by atoms with Gasteiger partial charge in [0.05, 0.1) is 6.26 Å². The first-order valence-electron chi connectivity index (χ1n) is 7.04. The molecule has 0 saturated heterocycles. The van der Waals surface area contributed by atoms with Crippen molar-refractivity contribution in [2.75, 3.05) is 26.7 Å². The molecule has 3 N–H and O–H groups in total. The summed E-state index contributed by atoms with van der Waals surface area (Å²) in [4.78, 5) is 15.5. The molecule has 1 heterocycles. The summed E-state index contributed by atoms with van der Waals surface area (Å²) in [5.41, 5.74) is 0. The van der Waals surface area contributed by atoms with E-state index in [9.17, 15) is 4.79 Å². The molecule has 1 aromatic rings. The van der Waals surface area contributed by atoms with Crippen molar-refractivity contribution in [3.8, 4) is 0 Å². The third-order valence-electron chi connectivity index (χ3n) is 3.13. The summed E-state index contributed by atoms with van der Waals surface area (Å²) in [6.45, 7) is 2.04. The van der Waals surface area contributed by atoms with Gasteiger partial charge in [0.2, 0.25) is 5.91 Å². The molecule has 0 aromatic carbocycles. The van der Waals surface area contributed by atoms with Crippen LogP contribution in [0.25, 0.3) is 0 Å². The molecule has 1 amide bonds. The van der Waals surface area contributed by atoms with Crippen LogP contribution >= 0.6 is 0 Å². The Morgan fingerprint density at radius 3 is 2.70 bits per heavy atom. The van der Waals surface area contributed by atoms with Crippen molar-refractivity contribution in [1.82, 2.24) is 16.0 Å². The Kier molecular flexibility index (Phi) is 5.46. The molecule has 0 aliphatic heterocycles. The number of aliphatic imine (C=N–C) groups is 1. The van der Waals surface area contributed by atoms with Crippen LogP contribution in [0.2, 0.25) is 0 Å². The maximum Gasteiger partial charge on any atom is 0.223 e. The van der Waals surface area contributed by atoms with E-state index in [4.69, 9.17) is 4.42 Å². The minimum absolute atomic E-state index is 0.174. The van der Waals surface area contributed by atoms with E-state index >= 15 is 0 Å². The van der Waals surface area contributed by atoms with Crippen molar-refractivity contribution in [3.63, 3.8) is 0 Å². The molecule has 0 atom stereocenters. The second kappa shape index (κ2) is 7.57. The summed E-state index contributed by atoms with van der Waals surface area (Å²) < 4.78 is 5.25. The Morgan fingerprint density at radius 1 is 1.30 bits per heavy atom. The molecule has 6 nitrogen and oxygen atoms in total. The number of nitrogens with one attached hydrogen (secondary N) is 3. The number of nitrogens with zero attached hydrogens (tertiary/aromatic N) is 1. The summed E-state index contributed by atoms with van der Waals surface area (Å²) in [6, 6.07) is 3.83. The van der Waals surface area contributed by atoms with E-state index in [-0.39, 0.29) is 11.8 Å². The van der Waals surface area contributed by atoms with E-state index in [2.05, 4.69) is 20.9 Å². The lowest BCUT2D eigenvalue weighted by atomic mass is 10.3. The Bertz CT molecular complexity index is 438. The van der Waals surface area contributed by atoms with Crippen molar-refractivity contribution >= 4 is 11.9 Å². The van der Waals surface area contributed by atoms with Crippen molar-refractivity contribution < 1.29 is 9.21 Å².